The van der Waals surface area contributed by atoms with Crippen molar-refractivity contribution in [2.45, 2.75) is 31.1 Å². The third-order valence-electron chi connectivity index (χ3n) is 5.20. The third-order valence-corrected chi connectivity index (χ3v) is 6.44. The number of amides is 2. The maximum Gasteiger partial charge on any atom is 0.317 e. The minimum Gasteiger partial charge on any atom is -0.331 e. The molecule has 2 aliphatic rings. The van der Waals surface area contributed by atoms with E-state index in [-0.39, 0.29) is 12.1 Å². The van der Waals surface area contributed by atoms with Crippen LogP contribution < -0.4 is 5.32 Å². The first kappa shape index (κ1) is 16.5. The summed E-state index contributed by atoms with van der Waals surface area (Å²) in [5.74, 6) is 0.993. The highest BCUT2D eigenvalue weighted by molar-refractivity contribution is 7.99. The van der Waals surface area contributed by atoms with Gasteiger partial charge in [0.15, 0.2) is 0 Å². The van der Waals surface area contributed by atoms with E-state index in [1.54, 1.807) is 0 Å². The summed E-state index contributed by atoms with van der Waals surface area (Å²) in [6, 6.07) is 17.3. The number of hydrogen-bond acceptors (Lipinski definition) is 2. The molecule has 2 aromatic rings. The zero-order valence-electron chi connectivity index (χ0n) is 14.6. The van der Waals surface area contributed by atoms with Gasteiger partial charge in [-0.1, -0.05) is 54.1 Å². The number of carbonyl (C=O) groups is 1. The average Bonchev–Trinajstić information content (AvgIpc) is 3.04. The van der Waals surface area contributed by atoms with Crippen LogP contribution in [0.15, 0.2) is 48.5 Å². The Labute approximate surface area is 153 Å². The molecular weight excluding hydrogens is 328 g/mol. The van der Waals surface area contributed by atoms with E-state index >= 15 is 0 Å². The van der Waals surface area contributed by atoms with Crippen molar-refractivity contribution in [3.63, 3.8) is 0 Å². The lowest BCUT2D eigenvalue weighted by Gasteiger charge is -2.33. The van der Waals surface area contributed by atoms with E-state index in [1.165, 1.54) is 22.3 Å². The van der Waals surface area contributed by atoms with E-state index < -0.39 is 0 Å². The van der Waals surface area contributed by atoms with E-state index in [4.69, 9.17) is 0 Å². The first-order valence-corrected chi connectivity index (χ1v) is 10.1. The number of carbonyl (C=O) groups excluding carboxylic acids is 1. The minimum atomic E-state index is 0.0830. The van der Waals surface area contributed by atoms with Crippen LogP contribution in [0.25, 0.3) is 0 Å². The number of fused-ring (bicyclic) bond motifs is 1. The van der Waals surface area contributed by atoms with Crippen molar-refractivity contribution in [2.75, 3.05) is 18.8 Å². The predicted molar refractivity (Wildman–Crippen MR) is 104 cm³/mol. The Kier molecular flexibility index (Phi) is 4.71. The molecule has 2 amide bonds. The lowest BCUT2D eigenvalue weighted by Crippen LogP contribution is -2.45. The summed E-state index contributed by atoms with van der Waals surface area (Å²) >= 11 is 1.95. The lowest BCUT2D eigenvalue weighted by atomic mass is 10.1. The van der Waals surface area contributed by atoms with Gasteiger partial charge in [0.2, 0.25) is 0 Å². The second-order valence-corrected chi connectivity index (χ2v) is 8.27. The molecule has 25 heavy (non-hydrogen) atoms. The van der Waals surface area contributed by atoms with Gasteiger partial charge in [0.1, 0.15) is 0 Å². The van der Waals surface area contributed by atoms with Gasteiger partial charge in [0, 0.05) is 24.1 Å². The van der Waals surface area contributed by atoms with Gasteiger partial charge in [-0.2, -0.15) is 11.8 Å². The fraction of sp³-hybridized carbons (Fsp3) is 0.381. The molecule has 4 heteroatoms. The number of hydrogen-bond donors (Lipinski definition) is 1. The smallest absolute Gasteiger partial charge is 0.317 e. The van der Waals surface area contributed by atoms with E-state index in [2.05, 4.69) is 54.7 Å². The van der Waals surface area contributed by atoms with Gasteiger partial charge < -0.3 is 10.2 Å². The summed E-state index contributed by atoms with van der Waals surface area (Å²) < 4.78 is 0. The topological polar surface area (TPSA) is 32.3 Å². The minimum absolute atomic E-state index is 0.0830. The Hall–Kier alpha value is -1.94. The van der Waals surface area contributed by atoms with E-state index in [9.17, 15) is 4.79 Å². The predicted octanol–water partition coefficient (Wildman–Crippen LogP) is 4.48. The molecule has 2 unspecified atom stereocenters. The molecule has 130 valence electrons. The molecule has 1 aliphatic heterocycles. The SMILES string of the molecule is Cc1ccc2c(c1)CCC2NC(=O)N1CCSC(c2ccccc2)C1. The van der Waals surface area contributed by atoms with E-state index in [1.807, 2.05) is 22.7 Å². The zero-order chi connectivity index (χ0) is 17.2. The molecule has 1 saturated heterocycles. The fourth-order valence-electron chi connectivity index (χ4n) is 3.84. The molecule has 2 aromatic carbocycles. The first-order valence-electron chi connectivity index (χ1n) is 9.02. The molecule has 3 nitrogen and oxygen atoms in total. The van der Waals surface area contributed by atoms with Crippen molar-refractivity contribution in [3.8, 4) is 0 Å². The molecule has 0 saturated carbocycles. The number of nitrogens with zero attached hydrogens (tertiary/aromatic N) is 1. The Morgan fingerprint density at radius 3 is 2.88 bits per heavy atom. The molecule has 2 atom stereocenters. The lowest BCUT2D eigenvalue weighted by molar-refractivity contribution is 0.195. The van der Waals surface area contributed by atoms with Crippen LogP contribution in [-0.4, -0.2) is 29.8 Å². The van der Waals surface area contributed by atoms with Crippen LogP contribution in [0.1, 0.15) is 40.0 Å². The first-order chi connectivity index (χ1) is 12.2. The van der Waals surface area contributed by atoms with Crippen molar-refractivity contribution in [3.05, 3.63) is 70.8 Å². The average molecular weight is 353 g/mol. The summed E-state index contributed by atoms with van der Waals surface area (Å²) in [5.41, 5.74) is 5.29. The van der Waals surface area contributed by atoms with Gasteiger partial charge in [0.25, 0.3) is 0 Å². The molecule has 0 spiro atoms. The van der Waals surface area contributed by atoms with Gasteiger partial charge >= 0.3 is 6.03 Å². The Morgan fingerprint density at radius 2 is 2.04 bits per heavy atom. The number of nitrogens with one attached hydrogen (secondary N) is 1. The number of rotatable bonds is 2. The molecular formula is C21H24N2OS. The normalized spacial score (nSPS) is 22.5. The monoisotopic (exact) mass is 352 g/mol. The molecule has 0 aromatic heterocycles. The maximum atomic E-state index is 12.8. The Balaban J connectivity index is 1.42. The van der Waals surface area contributed by atoms with Crippen LogP contribution >= 0.6 is 11.8 Å². The van der Waals surface area contributed by atoms with Gasteiger partial charge in [-0.25, -0.2) is 4.79 Å². The van der Waals surface area contributed by atoms with Crippen molar-refractivity contribution < 1.29 is 4.79 Å². The van der Waals surface area contributed by atoms with Crippen molar-refractivity contribution in [1.29, 1.82) is 0 Å². The maximum absolute atomic E-state index is 12.8. The summed E-state index contributed by atoms with van der Waals surface area (Å²) in [6.45, 7) is 3.74. The van der Waals surface area contributed by atoms with Crippen molar-refractivity contribution in [2.24, 2.45) is 0 Å². The van der Waals surface area contributed by atoms with Gasteiger partial charge in [0.05, 0.1) is 6.04 Å². The highest BCUT2D eigenvalue weighted by Gasteiger charge is 2.29. The summed E-state index contributed by atoms with van der Waals surface area (Å²) in [4.78, 5) is 14.8. The second-order valence-electron chi connectivity index (χ2n) is 6.96. The van der Waals surface area contributed by atoms with Gasteiger partial charge in [-0.3, -0.25) is 0 Å². The van der Waals surface area contributed by atoms with Crippen molar-refractivity contribution >= 4 is 17.8 Å². The van der Waals surface area contributed by atoms with Crippen LogP contribution in [0.4, 0.5) is 4.79 Å². The molecule has 4 rings (SSSR count). The van der Waals surface area contributed by atoms with Crippen LogP contribution in [0.3, 0.4) is 0 Å². The van der Waals surface area contributed by atoms with E-state index in [0.717, 1.165) is 31.7 Å². The molecule has 1 N–H and O–H groups in total. The summed E-state index contributed by atoms with van der Waals surface area (Å²) in [7, 11) is 0. The number of aryl methyl sites for hydroxylation is 2. The van der Waals surface area contributed by atoms with Crippen molar-refractivity contribution in [1.82, 2.24) is 10.2 Å². The third kappa shape index (κ3) is 3.54. The number of benzene rings is 2. The second kappa shape index (κ2) is 7.12. The van der Waals surface area contributed by atoms with Crippen LogP contribution in [-0.2, 0) is 6.42 Å². The molecule has 0 bridgehead atoms. The number of thioether (sulfide) groups is 1. The summed E-state index contributed by atoms with van der Waals surface area (Å²) in [6.07, 6.45) is 2.07. The quantitative estimate of drug-likeness (QED) is 0.864. The van der Waals surface area contributed by atoms with Crippen LogP contribution in [0.2, 0.25) is 0 Å². The Morgan fingerprint density at radius 1 is 1.20 bits per heavy atom. The molecule has 1 fully saturated rings. The largest absolute Gasteiger partial charge is 0.331 e. The van der Waals surface area contributed by atoms with E-state index in [0.29, 0.717) is 5.25 Å². The summed E-state index contributed by atoms with van der Waals surface area (Å²) in [5, 5.41) is 3.65. The molecule has 0 radical (unpaired) electrons. The van der Waals surface area contributed by atoms with Gasteiger partial charge in [-0.05, 0) is 36.5 Å². The van der Waals surface area contributed by atoms with Crippen LogP contribution in [0, 0.1) is 6.92 Å². The molecule has 1 heterocycles. The molecule has 1 aliphatic carbocycles. The highest BCUT2D eigenvalue weighted by Crippen LogP contribution is 2.34. The zero-order valence-corrected chi connectivity index (χ0v) is 15.4. The standard InChI is InChI=1S/C21H24N2OS/c1-15-7-9-18-17(13-15)8-10-19(18)22-21(24)23-11-12-25-20(14-23)16-5-3-2-4-6-16/h2-7,9,13,19-20H,8,10-12,14H2,1H3,(H,22,24). The fourth-order valence-corrected chi connectivity index (χ4v) is 5.08. The highest BCUT2D eigenvalue weighted by atomic mass is 32.2. The van der Waals surface area contributed by atoms with Crippen LogP contribution in [0.5, 0.6) is 0 Å². The van der Waals surface area contributed by atoms with Gasteiger partial charge in [-0.15, -0.1) is 0 Å². The Bertz CT molecular complexity index is 762. The number of urea groups is 1.